The third-order valence-corrected chi connectivity index (χ3v) is 3.26. The molecule has 17 heavy (non-hydrogen) atoms. The van der Waals surface area contributed by atoms with Gasteiger partial charge in [0.2, 0.25) is 0 Å². The van der Waals surface area contributed by atoms with Gasteiger partial charge in [-0.25, -0.2) is 8.78 Å². The minimum Gasteiger partial charge on any atom is -0.316 e. The summed E-state index contributed by atoms with van der Waals surface area (Å²) >= 11 is 0. The number of rotatable bonds is 4. The lowest BCUT2D eigenvalue weighted by atomic mass is 9.89. The van der Waals surface area contributed by atoms with Gasteiger partial charge in [0.15, 0.2) is 0 Å². The second kappa shape index (κ2) is 4.96. The molecule has 0 amide bonds. The number of hydrogen-bond acceptors (Lipinski definition) is 1. The Balaban J connectivity index is 2.35. The van der Waals surface area contributed by atoms with Crippen LogP contribution in [-0.2, 0) is 5.92 Å². The van der Waals surface area contributed by atoms with Gasteiger partial charge in [0.05, 0.1) is 0 Å². The Morgan fingerprint density at radius 3 is 2.82 bits per heavy atom. The predicted octanol–water partition coefficient (Wildman–Crippen LogP) is 3.43. The molecular weight excluding hydrogens is 220 g/mol. The van der Waals surface area contributed by atoms with E-state index < -0.39 is 5.92 Å². The van der Waals surface area contributed by atoms with Crippen molar-refractivity contribution in [2.75, 3.05) is 13.1 Å². The standard InChI is InChI=1S/C14H17F2N/c1-2-8-14(15,16)13-6-4-3-5-12(13)11-7-9-17-10-11/h2-6,11,17H,1,7-10H2/t11-/m1/s1. The third kappa shape index (κ3) is 2.55. The average molecular weight is 237 g/mol. The highest BCUT2D eigenvalue weighted by molar-refractivity contribution is 5.35. The van der Waals surface area contributed by atoms with Crippen LogP contribution in [-0.4, -0.2) is 13.1 Å². The second-order valence-corrected chi connectivity index (χ2v) is 4.47. The fourth-order valence-corrected chi connectivity index (χ4v) is 2.40. The summed E-state index contributed by atoms with van der Waals surface area (Å²) in [4.78, 5) is 0. The zero-order valence-corrected chi connectivity index (χ0v) is 9.76. The first-order valence-electron chi connectivity index (χ1n) is 5.94. The van der Waals surface area contributed by atoms with E-state index in [1.807, 2.05) is 12.1 Å². The summed E-state index contributed by atoms with van der Waals surface area (Å²) in [6.45, 7) is 5.11. The van der Waals surface area contributed by atoms with Crippen molar-refractivity contribution in [2.24, 2.45) is 0 Å². The summed E-state index contributed by atoms with van der Waals surface area (Å²) in [7, 11) is 0. The molecule has 1 atom stereocenters. The van der Waals surface area contributed by atoms with E-state index in [-0.39, 0.29) is 17.9 Å². The summed E-state index contributed by atoms with van der Waals surface area (Å²) in [5.41, 5.74) is 0.943. The molecule has 1 fully saturated rings. The summed E-state index contributed by atoms with van der Waals surface area (Å²) in [6.07, 6.45) is 1.91. The smallest absolute Gasteiger partial charge is 0.276 e. The number of alkyl halides is 2. The minimum atomic E-state index is -2.80. The largest absolute Gasteiger partial charge is 0.316 e. The number of allylic oxidation sites excluding steroid dienone is 1. The van der Waals surface area contributed by atoms with E-state index >= 15 is 0 Å². The highest BCUT2D eigenvalue weighted by Gasteiger charge is 2.34. The van der Waals surface area contributed by atoms with Crippen LogP contribution < -0.4 is 5.32 Å². The Morgan fingerprint density at radius 1 is 1.41 bits per heavy atom. The molecule has 0 radical (unpaired) electrons. The maximum absolute atomic E-state index is 14.0. The van der Waals surface area contributed by atoms with Crippen molar-refractivity contribution in [2.45, 2.75) is 24.7 Å². The van der Waals surface area contributed by atoms with Crippen LogP contribution >= 0.6 is 0 Å². The van der Waals surface area contributed by atoms with E-state index in [9.17, 15) is 8.78 Å². The molecule has 1 nitrogen and oxygen atoms in total. The minimum absolute atomic E-state index is 0.161. The van der Waals surface area contributed by atoms with Crippen molar-refractivity contribution in [3.8, 4) is 0 Å². The molecule has 1 aromatic rings. The lowest BCUT2D eigenvalue weighted by Crippen LogP contribution is -2.17. The van der Waals surface area contributed by atoms with Gasteiger partial charge in [-0.1, -0.05) is 30.3 Å². The van der Waals surface area contributed by atoms with Gasteiger partial charge in [-0.3, -0.25) is 0 Å². The van der Waals surface area contributed by atoms with E-state index in [1.54, 1.807) is 6.07 Å². The molecule has 92 valence electrons. The first-order valence-corrected chi connectivity index (χ1v) is 5.94. The lowest BCUT2D eigenvalue weighted by molar-refractivity contribution is -0.00201. The van der Waals surface area contributed by atoms with Gasteiger partial charge in [-0.05, 0) is 24.4 Å². The van der Waals surface area contributed by atoms with E-state index in [1.165, 1.54) is 12.1 Å². The molecular formula is C14H17F2N. The predicted molar refractivity (Wildman–Crippen MR) is 65.4 cm³/mol. The van der Waals surface area contributed by atoms with Crippen molar-refractivity contribution < 1.29 is 8.78 Å². The molecule has 1 heterocycles. The lowest BCUT2D eigenvalue weighted by Gasteiger charge is -2.21. The van der Waals surface area contributed by atoms with Crippen LogP contribution in [0.1, 0.15) is 29.9 Å². The molecule has 1 N–H and O–H groups in total. The molecule has 0 aliphatic carbocycles. The number of hydrogen-bond donors (Lipinski definition) is 1. The van der Waals surface area contributed by atoms with Gasteiger partial charge in [-0.2, -0.15) is 0 Å². The zero-order chi connectivity index (χ0) is 12.3. The van der Waals surface area contributed by atoms with Crippen molar-refractivity contribution in [3.63, 3.8) is 0 Å². The van der Waals surface area contributed by atoms with Gasteiger partial charge >= 0.3 is 0 Å². The molecule has 0 spiro atoms. The zero-order valence-electron chi connectivity index (χ0n) is 9.76. The van der Waals surface area contributed by atoms with E-state index in [4.69, 9.17) is 0 Å². The number of benzene rings is 1. The van der Waals surface area contributed by atoms with Gasteiger partial charge in [0.25, 0.3) is 5.92 Å². The van der Waals surface area contributed by atoms with E-state index in [2.05, 4.69) is 11.9 Å². The van der Waals surface area contributed by atoms with Crippen molar-refractivity contribution in [1.29, 1.82) is 0 Å². The summed E-state index contributed by atoms with van der Waals surface area (Å²) in [6, 6.07) is 6.88. The molecule has 0 aromatic heterocycles. The fourth-order valence-electron chi connectivity index (χ4n) is 2.40. The monoisotopic (exact) mass is 237 g/mol. The van der Waals surface area contributed by atoms with Crippen LogP contribution in [0.15, 0.2) is 36.9 Å². The van der Waals surface area contributed by atoms with Crippen LogP contribution in [0.5, 0.6) is 0 Å². The topological polar surface area (TPSA) is 12.0 Å². The molecule has 1 aliphatic rings. The van der Waals surface area contributed by atoms with Crippen LogP contribution in [0.2, 0.25) is 0 Å². The highest BCUT2D eigenvalue weighted by Crippen LogP contribution is 2.38. The Bertz CT molecular complexity index is 395. The highest BCUT2D eigenvalue weighted by atomic mass is 19.3. The normalized spacial score (nSPS) is 20.5. The Labute approximate surface area is 101 Å². The van der Waals surface area contributed by atoms with Crippen LogP contribution in [0.4, 0.5) is 8.78 Å². The van der Waals surface area contributed by atoms with Gasteiger partial charge in [0.1, 0.15) is 0 Å². The number of nitrogens with one attached hydrogen (secondary N) is 1. The third-order valence-electron chi connectivity index (χ3n) is 3.26. The Morgan fingerprint density at radius 2 is 2.18 bits per heavy atom. The molecule has 0 unspecified atom stereocenters. The first kappa shape index (κ1) is 12.2. The van der Waals surface area contributed by atoms with Gasteiger partial charge in [0, 0.05) is 18.5 Å². The average Bonchev–Trinajstić information content (AvgIpc) is 2.82. The second-order valence-electron chi connectivity index (χ2n) is 4.47. The molecule has 1 aromatic carbocycles. The molecule has 0 bridgehead atoms. The molecule has 1 saturated heterocycles. The molecule has 3 heteroatoms. The molecule has 0 saturated carbocycles. The quantitative estimate of drug-likeness (QED) is 0.791. The van der Waals surface area contributed by atoms with Gasteiger partial charge in [-0.15, -0.1) is 6.58 Å². The molecule has 2 rings (SSSR count). The maximum atomic E-state index is 14.0. The van der Waals surface area contributed by atoms with E-state index in [0.29, 0.717) is 0 Å². The van der Waals surface area contributed by atoms with Gasteiger partial charge < -0.3 is 5.32 Å². The fraction of sp³-hybridized carbons (Fsp3) is 0.429. The SMILES string of the molecule is C=CCC(F)(F)c1ccccc1[C@@H]1CCNC1. The maximum Gasteiger partial charge on any atom is 0.276 e. The van der Waals surface area contributed by atoms with Crippen molar-refractivity contribution in [1.82, 2.24) is 5.32 Å². The van der Waals surface area contributed by atoms with Crippen LogP contribution in [0, 0.1) is 0 Å². The number of halogens is 2. The Hall–Kier alpha value is -1.22. The summed E-state index contributed by atoms with van der Waals surface area (Å²) in [5.74, 6) is -2.59. The molecule has 1 aliphatic heterocycles. The summed E-state index contributed by atoms with van der Waals surface area (Å²) < 4.78 is 28.0. The first-order chi connectivity index (χ1) is 8.15. The van der Waals surface area contributed by atoms with Crippen molar-refractivity contribution in [3.05, 3.63) is 48.0 Å². The van der Waals surface area contributed by atoms with Crippen molar-refractivity contribution >= 4 is 0 Å². The summed E-state index contributed by atoms with van der Waals surface area (Å²) in [5, 5.41) is 3.22. The van der Waals surface area contributed by atoms with E-state index in [0.717, 1.165) is 25.1 Å². The Kier molecular flexibility index (Phi) is 3.57. The van der Waals surface area contributed by atoms with Crippen LogP contribution in [0.3, 0.4) is 0 Å². The van der Waals surface area contributed by atoms with Crippen LogP contribution in [0.25, 0.3) is 0 Å².